The first-order chi connectivity index (χ1) is 11.4. The van der Waals surface area contributed by atoms with Gasteiger partial charge in [-0.3, -0.25) is 4.79 Å². The van der Waals surface area contributed by atoms with Gasteiger partial charge in [-0.1, -0.05) is 19.4 Å². The summed E-state index contributed by atoms with van der Waals surface area (Å²) < 4.78 is 11.4. The summed E-state index contributed by atoms with van der Waals surface area (Å²) in [4.78, 5) is 12.3. The van der Waals surface area contributed by atoms with E-state index in [1.807, 2.05) is 32.0 Å². The third kappa shape index (κ3) is 6.49. The third-order valence-electron chi connectivity index (χ3n) is 4.55. The first kappa shape index (κ1) is 21.7. The molecule has 25 heavy (non-hydrogen) atoms. The molecule has 1 unspecified atom stereocenters. The van der Waals surface area contributed by atoms with Gasteiger partial charge in [0.2, 0.25) is 5.91 Å². The first-order valence-electron chi connectivity index (χ1n) is 8.84. The zero-order valence-corrected chi connectivity index (χ0v) is 16.3. The molecule has 0 bridgehead atoms. The molecule has 3 N–H and O–H groups in total. The third-order valence-corrected chi connectivity index (χ3v) is 4.55. The second-order valence-corrected chi connectivity index (χ2v) is 6.97. The Balaban J connectivity index is 0.00000312. The fourth-order valence-corrected chi connectivity index (χ4v) is 2.86. The highest BCUT2D eigenvalue weighted by molar-refractivity contribution is 5.97. The van der Waals surface area contributed by atoms with E-state index in [0.717, 1.165) is 49.5 Å². The Hall–Kier alpha value is -1.30. The Labute approximate surface area is 157 Å². The van der Waals surface area contributed by atoms with Crippen LogP contribution in [-0.2, 0) is 9.53 Å². The van der Waals surface area contributed by atoms with Gasteiger partial charge in [0.05, 0.1) is 12.1 Å². The standard InChI is InChI=1S/C19H30N2O3.ClH/c1-4-9-19(3,20)18(22)21-16-6-5-14(2)17(12-16)24-13-15-7-10-23-11-8-15;/h5-6,12,15H,4,7-11,13,20H2,1-3H3,(H,21,22);1H. The van der Waals surface area contributed by atoms with E-state index >= 15 is 0 Å². The molecule has 0 radical (unpaired) electrons. The van der Waals surface area contributed by atoms with Crippen LogP contribution >= 0.6 is 12.4 Å². The molecule has 2 rings (SSSR count). The number of nitrogens with two attached hydrogens (primary N) is 1. The molecule has 1 saturated heterocycles. The topological polar surface area (TPSA) is 73.6 Å². The van der Waals surface area contributed by atoms with Crippen molar-refractivity contribution >= 4 is 24.0 Å². The predicted molar refractivity (Wildman–Crippen MR) is 104 cm³/mol. The molecule has 1 amide bonds. The summed E-state index contributed by atoms with van der Waals surface area (Å²) in [6.45, 7) is 8.11. The van der Waals surface area contributed by atoms with Gasteiger partial charge in [0, 0.05) is 25.0 Å². The highest BCUT2D eigenvalue weighted by Crippen LogP contribution is 2.25. The zero-order chi connectivity index (χ0) is 17.6. The highest BCUT2D eigenvalue weighted by Gasteiger charge is 2.27. The van der Waals surface area contributed by atoms with Crippen LogP contribution in [0, 0.1) is 12.8 Å². The smallest absolute Gasteiger partial charge is 0.244 e. The number of ether oxygens (including phenoxy) is 2. The number of anilines is 1. The molecular formula is C19H31ClN2O3. The highest BCUT2D eigenvalue weighted by atomic mass is 35.5. The second kappa shape index (κ2) is 10.00. The lowest BCUT2D eigenvalue weighted by atomic mass is 9.96. The number of amides is 1. The molecule has 1 aromatic carbocycles. The minimum Gasteiger partial charge on any atom is -0.493 e. The average molecular weight is 371 g/mol. The molecule has 1 aliphatic rings. The summed E-state index contributed by atoms with van der Waals surface area (Å²) in [6, 6.07) is 5.73. The summed E-state index contributed by atoms with van der Waals surface area (Å²) >= 11 is 0. The van der Waals surface area contributed by atoms with Crippen LogP contribution < -0.4 is 15.8 Å². The number of rotatable bonds is 7. The van der Waals surface area contributed by atoms with Crippen molar-refractivity contribution in [3.63, 3.8) is 0 Å². The quantitative estimate of drug-likeness (QED) is 0.767. The summed E-state index contributed by atoms with van der Waals surface area (Å²) in [6.07, 6.45) is 3.60. The molecular weight excluding hydrogens is 340 g/mol. The van der Waals surface area contributed by atoms with Gasteiger partial charge in [-0.05, 0) is 50.7 Å². The van der Waals surface area contributed by atoms with Gasteiger partial charge in [-0.25, -0.2) is 0 Å². The Bertz CT molecular complexity index is 558. The minimum atomic E-state index is -0.858. The van der Waals surface area contributed by atoms with E-state index in [-0.39, 0.29) is 18.3 Å². The molecule has 5 nitrogen and oxygen atoms in total. The second-order valence-electron chi connectivity index (χ2n) is 6.97. The van der Waals surface area contributed by atoms with Crippen molar-refractivity contribution in [2.75, 3.05) is 25.1 Å². The van der Waals surface area contributed by atoms with E-state index in [1.165, 1.54) is 0 Å². The van der Waals surface area contributed by atoms with Crippen LogP contribution in [-0.4, -0.2) is 31.3 Å². The number of hydrogen-bond acceptors (Lipinski definition) is 4. The monoisotopic (exact) mass is 370 g/mol. The Morgan fingerprint density at radius 1 is 1.40 bits per heavy atom. The van der Waals surface area contributed by atoms with E-state index < -0.39 is 5.54 Å². The Morgan fingerprint density at radius 3 is 2.72 bits per heavy atom. The molecule has 0 spiro atoms. The van der Waals surface area contributed by atoms with Crippen molar-refractivity contribution in [3.05, 3.63) is 23.8 Å². The van der Waals surface area contributed by atoms with Crippen LogP contribution in [0.4, 0.5) is 5.69 Å². The van der Waals surface area contributed by atoms with Crippen molar-refractivity contribution in [1.82, 2.24) is 0 Å². The maximum atomic E-state index is 12.3. The molecule has 0 saturated carbocycles. The Kier molecular flexibility index (Phi) is 8.69. The zero-order valence-electron chi connectivity index (χ0n) is 15.5. The maximum Gasteiger partial charge on any atom is 0.244 e. The normalized spacial score (nSPS) is 17.3. The van der Waals surface area contributed by atoms with Crippen LogP contribution in [0.15, 0.2) is 18.2 Å². The largest absolute Gasteiger partial charge is 0.493 e. The van der Waals surface area contributed by atoms with E-state index in [2.05, 4.69) is 5.32 Å². The molecule has 0 aliphatic carbocycles. The number of carbonyl (C=O) groups is 1. The molecule has 1 fully saturated rings. The van der Waals surface area contributed by atoms with Crippen LogP contribution in [0.25, 0.3) is 0 Å². The number of halogens is 1. The first-order valence-corrected chi connectivity index (χ1v) is 8.84. The average Bonchev–Trinajstić information content (AvgIpc) is 2.56. The number of aryl methyl sites for hydroxylation is 1. The van der Waals surface area contributed by atoms with Gasteiger partial charge >= 0.3 is 0 Å². The van der Waals surface area contributed by atoms with Crippen molar-refractivity contribution in [3.8, 4) is 5.75 Å². The van der Waals surface area contributed by atoms with E-state index in [9.17, 15) is 4.79 Å². The summed E-state index contributed by atoms with van der Waals surface area (Å²) in [7, 11) is 0. The number of benzene rings is 1. The molecule has 1 atom stereocenters. The van der Waals surface area contributed by atoms with Crippen LogP contribution in [0.2, 0.25) is 0 Å². The van der Waals surface area contributed by atoms with Crippen LogP contribution in [0.1, 0.15) is 45.1 Å². The van der Waals surface area contributed by atoms with Gasteiger partial charge in [0.25, 0.3) is 0 Å². The molecule has 0 aromatic heterocycles. The van der Waals surface area contributed by atoms with E-state index in [4.69, 9.17) is 15.2 Å². The van der Waals surface area contributed by atoms with E-state index in [0.29, 0.717) is 18.9 Å². The minimum absolute atomic E-state index is 0. The lowest BCUT2D eigenvalue weighted by Gasteiger charge is -2.24. The number of carbonyl (C=O) groups excluding carboxylic acids is 1. The van der Waals surface area contributed by atoms with Gasteiger partial charge in [-0.15, -0.1) is 12.4 Å². The van der Waals surface area contributed by atoms with Gasteiger partial charge in [0.15, 0.2) is 0 Å². The fraction of sp³-hybridized carbons (Fsp3) is 0.632. The van der Waals surface area contributed by atoms with Crippen molar-refractivity contribution in [2.24, 2.45) is 11.7 Å². The van der Waals surface area contributed by atoms with Crippen LogP contribution in [0.3, 0.4) is 0 Å². The predicted octanol–water partition coefficient (Wildman–Crippen LogP) is 3.68. The van der Waals surface area contributed by atoms with Crippen molar-refractivity contribution in [2.45, 2.75) is 52.0 Å². The summed E-state index contributed by atoms with van der Waals surface area (Å²) in [5, 5.41) is 2.91. The lowest BCUT2D eigenvalue weighted by molar-refractivity contribution is -0.120. The SMILES string of the molecule is CCCC(C)(N)C(=O)Nc1ccc(C)c(OCC2CCOCC2)c1.Cl. The number of nitrogens with one attached hydrogen (secondary N) is 1. The molecule has 1 heterocycles. The fourth-order valence-electron chi connectivity index (χ4n) is 2.86. The van der Waals surface area contributed by atoms with Crippen LogP contribution in [0.5, 0.6) is 5.75 Å². The van der Waals surface area contributed by atoms with Crippen molar-refractivity contribution in [1.29, 1.82) is 0 Å². The van der Waals surface area contributed by atoms with Gasteiger partial charge in [0.1, 0.15) is 5.75 Å². The summed E-state index contributed by atoms with van der Waals surface area (Å²) in [5.74, 6) is 1.19. The molecule has 6 heteroatoms. The lowest BCUT2D eigenvalue weighted by Crippen LogP contribution is -2.48. The maximum absolute atomic E-state index is 12.3. The summed E-state index contributed by atoms with van der Waals surface area (Å²) in [5.41, 5.74) is 7.01. The molecule has 142 valence electrons. The van der Waals surface area contributed by atoms with Gasteiger partial charge in [-0.2, -0.15) is 0 Å². The Morgan fingerprint density at radius 2 is 2.08 bits per heavy atom. The van der Waals surface area contributed by atoms with Gasteiger partial charge < -0.3 is 20.5 Å². The van der Waals surface area contributed by atoms with Crippen molar-refractivity contribution < 1.29 is 14.3 Å². The van der Waals surface area contributed by atoms with E-state index in [1.54, 1.807) is 6.92 Å². The molecule has 1 aromatic rings. The molecule has 1 aliphatic heterocycles. The number of hydrogen-bond donors (Lipinski definition) is 2.